The SMILES string of the molecule is Cc1nccn1-c1cc(N2CCN(C(=O)c3ccc(-n4cccc4)cc3)CC2)ncn1. The Hall–Kier alpha value is -3.94. The molecule has 0 atom stereocenters. The lowest BCUT2D eigenvalue weighted by molar-refractivity contribution is 0.0746. The number of nitrogens with zero attached hydrogens (tertiary/aromatic N) is 7. The normalized spacial score (nSPS) is 14.1. The third-order valence-corrected chi connectivity index (χ3v) is 5.62. The Morgan fingerprint density at radius 1 is 0.871 bits per heavy atom. The van der Waals surface area contributed by atoms with Crippen LogP contribution in [-0.2, 0) is 0 Å². The second-order valence-corrected chi connectivity index (χ2v) is 7.50. The number of benzene rings is 1. The van der Waals surface area contributed by atoms with Crippen molar-refractivity contribution in [3.8, 4) is 11.5 Å². The van der Waals surface area contributed by atoms with Crippen molar-refractivity contribution in [1.29, 1.82) is 0 Å². The van der Waals surface area contributed by atoms with Crippen LogP contribution in [0.3, 0.4) is 0 Å². The van der Waals surface area contributed by atoms with Crippen molar-refractivity contribution in [1.82, 2.24) is 29.0 Å². The van der Waals surface area contributed by atoms with Crippen LogP contribution in [0, 0.1) is 6.92 Å². The second kappa shape index (κ2) is 8.06. The van der Waals surface area contributed by atoms with E-state index < -0.39 is 0 Å². The highest BCUT2D eigenvalue weighted by atomic mass is 16.2. The highest BCUT2D eigenvalue weighted by Gasteiger charge is 2.23. The number of rotatable bonds is 4. The molecule has 3 aromatic heterocycles. The van der Waals surface area contributed by atoms with Gasteiger partial charge < -0.3 is 14.4 Å². The molecule has 0 bridgehead atoms. The van der Waals surface area contributed by atoms with E-state index in [1.807, 2.05) is 82.0 Å². The molecule has 1 saturated heterocycles. The minimum absolute atomic E-state index is 0.0659. The van der Waals surface area contributed by atoms with Crippen molar-refractivity contribution < 1.29 is 4.79 Å². The number of aryl methyl sites for hydroxylation is 1. The summed E-state index contributed by atoms with van der Waals surface area (Å²) in [5.41, 5.74) is 1.75. The van der Waals surface area contributed by atoms with Gasteiger partial charge >= 0.3 is 0 Å². The zero-order valence-electron chi connectivity index (χ0n) is 17.3. The molecule has 1 fully saturated rings. The van der Waals surface area contributed by atoms with Gasteiger partial charge in [-0.15, -0.1) is 0 Å². The van der Waals surface area contributed by atoms with Crippen LogP contribution in [0.15, 0.2) is 73.6 Å². The molecule has 1 aromatic carbocycles. The molecule has 8 nitrogen and oxygen atoms in total. The first kappa shape index (κ1) is 19.0. The highest BCUT2D eigenvalue weighted by Crippen LogP contribution is 2.18. The molecule has 4 heterocycles. The maximum atomic E-state index is 13.0. The molecule has 0 unspecified atom stereocenters. The smallest absolute Gasteiger partial charge is 0.253 e. The summed E-state index contributed by atoms with van der Waals surface area (Å²) in [5.74, 6) is 2.60. The molecule has 1 aliphatic heterocycles. The lowest BCUT2D eigenvalue weighted by Gasteiger charge is -2.35. The Balaban J connectivity index is 1.24. The van der Waals surface area contributed by atoms with E-state index in [0.717, 1.165) is 36.2 Å². The molecule has 156 valence electrons. The molecule has 8 heteroatoms. The largest absolute Gasteiger partial charge is 0.353 e. The summed E-state index contributed by atoms with van der Waals surface area (Å²) in [6.07, 6.45) is 9.20. The fraction of sp³-hybridized carbons (Fsp3) is 0.217. The minimum atomic E-state index is 0.0659. The quantitative estimate of drug-likeness (QED) is 0.514. The maximum Gasteiger partial charge on any atom is 0.253 e. The lowest BCUT2D eigenvalue weighted by Crippen LogP contribution is -2.49. The molecule has 0 radical (unpaired) electrons. The first-order chi connectivity index (χ1) is 15.2. The van der Waals surface area contributed by atoms with Gasteiger partial charge in [0.05, 0.1) is 0 Å². The zero-order valence-corrected chi connectivity index (χ0v) is 17.3. The fourth-order valence-electron chi connectivity index (χ4n) is 3.87. The maximum absolute atomic E-state index is 13.0. The molecular weight excluding hydrogens is 390 g/mol. The van der Waals surface area contributed by atoms with Gasteiger partial charge in [-0.3, -0.25) is 9.36 Å². The van der Waals surface area contributed by atoms with Gasteiger partial charge in [0.1, 0.15) is 23.8 Å². The van der Waals surface area contributed by atoms with Gasteiger partial charge in [-0.05, 0) is 43.3 Å². The van der Waals surface area contributed by atoms with E-state index in [1.54, 1.807) is 12.5 Å². The first-order valence-corrected chi connectivity index (χ1v) is 10.3. The number of hydrogen-bond donors (Lipinski definition) is 0. The molecular formula is C23H23N7O. The van der Waals surface area contributed by atoms with Crippen LogP contribution < -0.4 is 4.90 Å². The van der Waals surface area contributed by atoms with Crippen LogP contribution in [0.25, 0.3) is 11.5 Å². The van der Waals surface area contributed by atoms with Gasteiger partial charge in [0.25, 0.3) is 5.91 Å². The third-order valence-electron chi connectivity index (χ3n) is 5.62. The summed E-state index contributed by atoms with van der Waals surface area (Å²) in [4.78, 5) is 30.1. The van der Waals surface area contributed by atoms with Gasteiger partial charge in [0, 0.05) is 68.3 Å². The summed E-state index contributed by atoms with van der Waals surface area (Å²) in [5, 5.41) is 0. The van der Waals surface area contributed by atoms with Crippen molar-refractivity contribution in [3.05, 3.63) is 85.0 Å². The van der Waals surface area contributed by atoms with E-state index in [-0.39, 0.29) is 5.91 Å². The van der Waals surface area contributed by atoms with E-state index in [0.29, 0.717) is 18.7 Å². The van der Waals surface area contributed by atoms with E-state index in [9.17, 15) is 4.79 Å². The summed E-state index contributed by atoms with van der Waals surface area (Å²) in [6, 6.07) is 13.7. The van der Waals surface area contributed by atoms with Crippen LogP contribution in [-0.4, -0.2) is 61.1 Å². The molecule has 4 aromatic rings. The van der Waals surface area contributed by atoms with Crippen molar-refractivity contribution in [3.63, 3.8) is 0 Å². The zero-order chi connectivity index (χ0) is 21.2. The number of imidazole rings is 1. The summed E-state index contributed by atoms with van der Waals surface area (Å²) in [7, 11) is 0. The van der Waals surface area contributed by atoms with Crippen molar-refractivity contribution >= 4 is 11.7 Å². The standard InChI is InChI=1S/C23H23N7O/c1-18-24-8-11-30(18)22-16-21(25-17-26-22)28-12-14-29(15-13-28)23(31)19-4-6-20(7-5-19)27-9-2-3-10-27/h2-11,16-17H,12-15H2,1H3. The van der Waals surface area contributed by atoms with Crippen molar-refractivity contribution in [2.24, 2.45) is 0 Å². The Morgan fingerprint density at radius 2 is 1.58 bits per heavy atom. The van der Waals surface area contributed by atoms with Crippen LogP contribution in [0.4, 0.5) is 5.82 Å². The Bertz CT molecular complexity index is 1170. The predicted octanol–water partition coefficient (Wildman–Crippen LogP) is 2.72. The average molecular weight is 413 g/mol. The third kappa shape index (κ3) is 3.79. The van der Waals surface area contributed by atoms with E-state index in [1.165, 1.54) is 0 Å². The van der Waals surface area contributed by atoms with Crippen molar-refractivity contribution in [2.45, 2.75) is 6.92 Å². The van der Waals surface area contributed by atoms with Gasteiger partial charge in [-0.2, -0.15) is 0 Å². The van der Waals surface area contributed by atoms with Crippen LogP contribution in [0.5, 0.6) is 0 Å². The number of carbonyl (C=O) groups is 1. The molecule has 1 aliphatic rings. The number of amides is 1. The lowest BCUT2D eigenvalue weighted by atomic mass is 10.1. The van der Waals surface area contributed by atoms with Gasteiger partial charge in [0.15, 0.2) is 0 Å². The molecule has 1 amide bonds. The molecule has 31 heavy (non-hydrogen) atoms. The van der Waals surface area contributed by atoms with Crippen molar-refractivity contribution in [2.75, 3.05) is 31.1 Å². The number of hydrogen-bond acceptors (Lipinski definition) is 5. The highest BCUT2D eigenvalue weighted by molar-refractivity contribution is 5.94. The second-order valence-electron chi connectivity index (χ2n) is 7.50. The van der Waals surface area contributed by atoms with E-state index >= 15 is 0 Å². The first-order valence-electron chi connectivity index (χ1n) is 10.3. The summed E-state index contributed by atoms with van der Waals surface area (Å²) in [6.45, 7) is 4.71. The minimum Gasteiger partial charge on any atom is -0.353 e. The van der Waals surface area contributed by atoms with E-state index in [2.05, 4.69) is 19.9 Å². The number of piperazine rings is 1. The molecule has 5 rings (SSSR count). The van der Waals surface area contributed by atoms with Gasteiger partial charge in [-0.1, -0.05) is 0 Å². The fourth-order valence-corrected chi connectivity index (χ4v) is 3.87. The van der Waals surface area contributed by atoms with E-state index in [4.69, 9.17) is 0 Å². The van der Waals surface area contributed by atoms with Crippen LogP contribution in [0.1, 0.15) is 16.2 Å². The number of carbonyl (C=O) groups excluding carboxylic acids is 1. The van der Waals surface area contributed by atoms with Gasteiger partial charge in [-0.25, -0.2) is 15.0 Å². The molecule has 0 N–H and O–H groups in total. The van der Waals surface area contributed by atoms with Crippen LogP contribution in [0.2, 0.25) is 0 Å². The Morgan fingerprint density at radius 3 is 2.26 bits per heavy atom. The number of aromatic nitrogens is 5. The van der Waals surface area contributed by atoms with Crippen LogP contribution >= 0.6 is 0 Å². The van der Waals surface area contributed by atoms with Gasteiger partial charge in [0.2, 0.25) is 0 Å². The molecule has 0 saturated carbocycles. The number of anilines is 1. The summed E-state index contributed by atoms with van der Waals surface area (Å²) >= 11 is 0. The predicted molar refractivity (Wildman–Crippen MR) is 118 cm³/mol. The molecule has 0 aliphatic carbocycles. The molecule has 0 spiro atoms. The Kier molecular flexibility index (Phi) is 4.95. The topological polar surface area (TPSA) is 72.1 Å². The summed E-state index contributed by atoms with van der Waals surface area (Å²) < 4.78 is 3.95. The average Bonchev–Trinajstić information content (AvgIpc) is 3.51. The Labute approximate surface area is 180 Å². The monoisotopic (exact) mass is 413 g/mol.